The maximum absolute atomic E-state index is 11.7. The van der Waals surface area contributed by atoms with E-state index < -0.39 is 5.41 Å². The van der Waals surface area contributed by atoms with E-state index in [1.807, 2.05) is 6.07 Å². The van der Waals surface area contributed by atoms with Crippen molar-refractivity contribution in [2.75, 3.05) is 12.8 Å². The SMILES string of the molecule is O=C1OCCC12Cc1oc2cc1OC[SiH3]. The highest BCUT2D eigenvalue weighted by atomic mass is 28.1. The molecule has 80 valence electrons. The van der Waals surface area contributed by atoms with Crippen LogP contribution in [-0.2, 0) is 21.4 Å². The normalized spacial score (nSPS) is 27.6. The largest absolute Gasteiger partial charge is 0.495 e. The first-order valence-corrected chi connectivity index (χ1v) is 6.61. The lowest BCUT2D eigenvalue weighted by atomic mass is 9.79. The molecule has 0 radical (unpaired) electrons. The number of ether oxygens (including phenoxy) is 2. The van der Waals surface area contributed by atoms with E-state index in [9.17, 15) is 4.79 Å². The summed E-state index contributed by atoms with van der Waals surface area (Å²) in [5.41, 5.74) is -0.507. The van der Waals surface area contributed by atoms with E-state index >= 15 is 0 Å². The van der Waals surface area contributed by atoms with Gasteiger partial charge in [0, 0.05) is 18.9 Å². The van der Waals surface area contributed by atoms with Gasteiger partial charge in [-0.2, -0.15) is 0 Å². The van der Waals surface area contributed by atoms with E-state index in [0.29, 0.717) is 13.0 Å². The smallest absolute Gasteiger partial charge is 0.320 e. The summed E-state index contributed by atoms with van der Waals surface area (Å²) in [4.78, 5) is 11.7. The third kappa shape index (κ3) is 1.04. The van der Waals surface area contributed by atoms with Crippen LogP contribution in [0.25, 0.3) is 0 Å². The predicted molar refractivity (Wildman–Crippen MR) is 55.1 cm³/mol. The molecule has 5 heteroatoms. The Bertz CT molecular complexity index is 425. The van der Waals surface area contributed by atoms with E-state index in [2.05, 4.69) is 0 Å². The minimum Gasteiger partial charge on any atom is -0.495 e. The van der Waals surface area contributed by atoms with Crippen molar-refractivity contribution in [1.82, 2.24) is 0 Å². The number of carbonyl (C=O) groups is 1. The highest BCUT2D eigenvalue weighted by Crippen LogP contribution is 2.48. The standard InChI is InChI=1S/C10H12O4Si/c11-9-10(1-2-12-9)4-7-6(13-5-15)3-8(10)14-7/h3H,1-2,4-5H2,15H3. The first-order valence-electron chi connectivity index (χ1n) is 5.19. The van der Waals surface area contributed by atoms with Crippen LogP contribution in [0.2, 0.25) is 0 Å². The Balaban J connectivity index is 1.98. The molecule has 3 heterocycles. The fourth-order valence-corrected chi connectivity index (χ4v) is 2.66. The van der Waals surface area contributed by atoms with Gasteiger partial charge in [-0.25, -0.2) is 0 Å². The summed E-state index contributed by atoms with van der Waals surface area (Å²) in [5, 5.41) is 0. The Hall–Kier alpha value is -1.23. The van der Waals surface area contributed by atoms with Crippen molar-refractivity contribution < 1.29 is 18.7 Å². The van der Waals surface area contributed by atoms with E-state index in [4.69, 9.17) is 13.9 Å². The van der Waals surface area contributed by atoms with Crippen LogP contribution < -0.4 is 4.74 Å². The molecule has 1 spiro atoms. The average molecular weight is 224 g/mol. The van der Waals surface area contributed by atoms with Crippen LogP contribution in [0.5, 0.6) is 5.75 Å². The molecule has 1 aromatic rings. The van der Waals surface area contributed by atoms with Gasteiger partial charge in [0.2, 0.25) is 0 Å². The molecule has 0 saturated carbocycles. The number of furan rings is 1. The van der Waals surface area contributed by atoms with E-state index in [0.717, 1.165) is 40.2 Å². The second kappa shape index (κ2) is 2.88. The molecule has 2 aliphatic rings. The molecule has 1 unspecified atom stereocenters. The predicted octanol–water partition coefficient (Wildman–Crippen LogP) is -0.278. The van der Waals surface area contributed by atoms with Crippen LogP contribution in [0.1, 0.15) is 17.9 Å². The zero-order valence-corrected chi connectivity index (χ0v) is 10.5. The zero-order chi connectivity index (χ0) is 10.5. The average Bonchev–Trinajstić information content (AvgIpc) is 2.85. The van der Waals surface area contributed by atoms with Crippen LogP contribution in [0, 0.1) is 0 Å². The number of hydrogen-bond acceptors (Lipinski definition) is 4. The minimum atomic E-state index is -0.507. The second-order valence-electron chi connectivity index (χ2n) is 3.98. The second-order valence-corrected chi connectivity index (χ2v) is 4.55. The van der Waals surface area contributed by atoms with Gasteiger partial charge in [0.1, 0.15) is 16.9 Å². The molecule has 1 aromatic heterocycles. The molecule has 2 bridgehead atoms. The van der Waals surface area contributed by atoms with E-state index in [1.165, 1.54) is 0 Å². The topological polar surface area (TPSA) is 48.7 Å². The van der Waals surface area contributed by atoms with Crippen molar-refractivity contribution in [3.8, 4) is 5.75 Å². The lowest BCUT2D eigenvalue weighted by molar-refractivity contribution is -0.142. The molecule has 0 N–H and O–H groups in total. The molecule has 15 heavy (non-hydrogen) atoms. The van der Waals surface area contributed by atoms with Gasteiger partial charge < -0.3 is 13.9 Å². The van der Waals surface area contributed by atoms with Crippen LogP contribution in [0.4, 0.5) is 0 Å². The number of fused-ring (bicyclic) bond motifs is 3. The van der Waals surface area contributed by atoms with Crippen LogP contribution in [0.15, 0.2) is 10.5 Å². The molecular formula is C10H12O4Si. The van der Waals surface area contributed by atoms with Gasteiger partial charge in [-0.1, -0.05) is 0 Å². The first kappa shape index (κ1) is 9.03. The van der Waals surface area contributed by atoms with Crippen LogP contribution >= 0.6 is 0 Å². The Morgan fingerprint density at radius 2 is 2.47 bits per heavy atom. The van der Waals surface area contributed by atoms with Crippen molar-refractivity contribution in [3.63, 3.8) is 0 Å². The summed E-state index contributed by atoms with van der Waals surface area (Å²) in [6.45, 7) is 0.504. The van der Waals surface area contributed by atoms with Gasteiger partial charge in [0.05, 0.1) is 23.1 Å². The number of rotatable bonds is 2. The highest BCUT2D eigenvalue weighted by Gasteiger charge is 2.54. The van der Waals surface area contributed by atoms with Crippen molar-refractivity contribution >= 4 is 16.2 Å². The maximum Gasteiger partial charge on any atom is 0.320 e. The molecule has 3 rings (SSSR count). The first-order chi connectivity index (χ1) is 7.26. The van der Waals surface area contributed by atoms with E-state index in [1.54, 1.807) is 0 Å². The lowest BCUT2D eigenvalue weighted by Crippen LogP contribution is -2.31. The Labute approximate surface area is 90.0 Å². The molecular weight excluding hydrogens is 212 g/mol. The summed E-state index contributed by atoms with van der Waals surface area (Å²) in [6, 6.07) is 1.85. The monoisotopic (exact) mass is 224 g/mol. The minimum absolute atomic E-state index is 0.145. The van der Waals surface area contributed by atoms with Gasteiger partial charge in [0.15, 0.2) is 5.75 Å². The van der Waals surface area contributed by atoms with E-state index in [-0.39, 0.29) is 5.97 Å². The Morgan fingerprint density at radius 3 is 3.00 bits per heavy atom. The molecule has 0 aromatic carbocycles. The van der Waals surface area contributed by atoms with Crippen LogP contribution in [0.3, 0.4) is 0 Å². The Morgan fingerprint density at radius 1 is 1.60 bits per heavy atom. The number of esters is 1. The third-order valence-electron chi connectivity index (χ3n) is 3.16. The molecule has 0 aliphatic carbocycles. The quantitative estimate of drug-likeness (QED) is 0.512. The summed E-state index contributed by atoms with van der Waals surface area (Å²) in [5.74, 6) is 2.20. The number of hydrogen-bond donors (Lipinski definition) is 0. The molecule has 1 atom stereocenters. The van der Waals surface area contributed by atoms with Gasteiger partial charge in [-0.3, -0.25) is 4.79 Å². The highest BCUT2D eigenvalue weighted by molar-refractivity contribution is 6.08. The molecule has 1 fully saturated rings. The summed E-state index contributed by atoms with van der Waals surface area (Å²) in [6.07, 6.45) is 2.10. The molecule has 1 saturated heterocycles. The summed E-state index contributed by atoms with van der Waals surface area (Å²) >= 11 is 0. The van der Waals surface area contributed by atoms with Gasteiger partial charge in [-0.05, 0) is 0 Å². The van der Waals surface area contributed by atoms with Crippen molar-refractivity contribution in [2.24, 2.45) is 0 Å². The van der Waals surface area contributed by atoms with Crippen LogP contribution in [-0.4, -0.2) is 29.0 Å². The fraction of sp³-hybridized carbons (Fsp3) is 0.500. The summed E-state index contributed by atoms with van der Waals surface area (Å²) in [7, 11) is 0.997. The van der Waals surface area contributed by atoms with Gasteiger partial charge >= 0.3 is 5.97 Å². The zero-order valence-electron chi connectivity index (χ0n) is 8.54. The maximum atomic E-state index is 11.7. The fourth-order valence-electron chi connectivity index (χ4n) is 2.35. The van der Waals surface area contributed by atoms with Crippen molar-refractivity contribution in [3.05, 3.63) is 17.6 Å². The summed E-state index contributed by atoms with van der Waals surface area (Å²) < 4.78 is 16.1. The third-order valence-corrected chi connectivity index (χ3v) is 3.45. The molecule has 2 aliphatic heterocycles. The Kier molecular flexibility index (Phi) is 1.73. The molecule has 4 nitrogen and oxygen atoms in total. The molecule has 0 amide bonds. The van der Waals surface area contributed by atoms with Crippen molar-refractivity contribution in [2.45, 2.75) is 18.3 Å². The lowest BCUT2D eigenvalue weighted by Gasteiger charge is -2.17. The number of carbonyl (C=O) groups excluding carboxylic acids is 1. The van der Waals surface area contributed by atoms with Gasteiger partial charge in [0.25, 0.3) is 0 Å². The van der Waals surface area contributed by atoms with Crippen molar-refractivity contribution in [1.29, 1.82) is 0 Å². The number of cyclic esters (lactones) is 1. The van der Waals surface area contributed by atoms with Gasteiger partial charge in [-0.15, -0.1) is 0 Å².